The van der Waals surface area contributed by atoms with Gasteiger partial charge < -0.3 is 4.57 Å². The van der Waals surface area contributed by atoms with Crippen molar-refractivity contribution in [3.05, 3.63) is 18.6 Å². The Kier molecular flexibility index (Phi) is 4.08. The summed E-state index contributed by atoms with van der Waals surface area (Å²) in [6, 6.07) is 0. The Hall–Kier alpha value is -1.43. The fourth-order valence-corrected chi connectivity index (χ4v) is 2.38. The molecule has 0 saturated carbocycles. The molecular weight excluding hydrogens is 234 g/mol. The number of rotatable bonds is 5. The van der Waals surface area contributed by atoms with Gasteiger partial charge in [0.15, 0.2) is 11.0 Å². The van der Waals surface area contributed by atoms with Gasteiger partial charge in [-0.2, -0.15) is 0 Å². The molecule has 17 heavy (non-hydrogen) atoms. The Bertz CT molecular complexity index is 468. The zero-order chi connectivity index (χ0) is 12.1. The lowest BCUT2D eigenvalue weighted by Gasteiger charge is -2.02. The molecule has 0 bridgehead atoms. The molecule has 0 aliphatic heterocycles. The van der Waals surface area contributed by atoms with E-state index in [9.17, 15) is 0 Å². The number of aromatic nitrogens is 5. The molecule has 0 N–H and O–H groups in total. The summed E-state index contributed by atoms with van der Waals surface area (Å²) in [5.41, 5.74) is 0.754. The molecule has 0 fully saturated rings. The van der Waals surface area contributed by atoms with Crippen molar-refractivity contribution in [2.45, 2.75) is 24.9 Å². The minimum absolute atomic E-state index is 0.754. The standard InChI is InChI=1S/C11H15N5S/c1-3-4-7-17-11-15-14-10(16(11)2)9-8-12-5-6-13-9/h5-6,8H,3-4,7H2,1-2H3. The van der Waals surface area contributed by atoms with Gasteiger partial charge in [0.2, 0.25) is 0 Å². The maximum atomic E-state index is 4.22. The zero-order valence-electron chi connectivity index (χ0n) is 10.00. The van der Waals surface area contributed by atoms with Crippen LogP contribution in [0.25, 0.3) is 11.5 Å². The summed E-state index contributed by atoms with van der Waals surface area (Å²) in [6.45, 7) is 2.18. The van der Waals surface area contributed by atoms with Crippen LogP contribution in [0.1, 0.15) is 19.8 Å². The minimum Gasteiger partial charge on any atom is -0.304 e. The first kappa shape index (κ1) is 12.0. The summed E-state index contributed by atoms with van der Waals surface area (Å²) in [6.07, 6.45) is 7.40. The second-order valence-corrected chi connectivity index (χ2v) is 4.72. The average Bonchev–Trinajstić information content (AvgIpc) is 2.73. The van der Waals surface area contributed by atoms with Gasteiger partial charge in [0.25, 0.3) is 0 Å². The molecule has 2 aromatic heterocycles. The van der Waals surface area contributed by atoms with E-state index in [1.807, 2.05) is 11.6 Å². The first-order valence-electron chi connectivity index (χ1n) is 5.61. The molecule has 90 valence electrons. The molecule has 0 saturated heterocycles. The lowest BCUT2D eigenvalue weighted by atomic mass is 10.4. The zero-order valence-corrected chi connectivity index (χ0v) is 10.8. The Balaban J connectivity index is 2.15. The van der Waals surface area contributed by atoms with Gasteiger partial charge in [-0.3, -0.25) is 4.98 Å². The molecule has 0 atom stereocenters. The Morgan fingerprint density at radius 2 is 2.18 bits per heavy atom. The molecular formula is C11H15N5S. The van der Waals surface area contributed by atoms with Crippen LogP contribution < -0.4 is 0 Å². The topological polar surface area (TPSA) is 56.5 Å². The Morgan fingerprint density at radius 1 is 1.29 bits per heavy atom. The molecule has 0 aliphatic carbocycles. The lowest BCUT2D eigenvalue weighted by Crippen LogP contribution is -1.97. The van der Waals surface area contributed by atoms with E-state index in [4.69, 9.17) is 0 Å². The van der Waals surface area contributed by atoms with Gasteiger partial charge in [-0.25, -0.2) is 4.98 Å². The van der Waals surface area contributed by atoms with E-state index in [-0.39, 0.29) is 0 Å². The lowest BCUT2D eigenvalue weighted by molar-refractivity contribution is 0.788. The predicted molar refractivity (Wildman–Crippen MR) is 67.7 cm³/mol. The van der Waals surface area contributed by atoms with Gasteiger partial charge >= 0.3 is 0 Å². The molecule has 2 rings (SSSR count). The van der Waals surface area contributed by atoms with Crippen molar-refractivity contribution in [1.82, 2.24) is 24.7 Å². The monoisotopic (exact) mass is 249 g/mol. The molecule has 0 amide bonds. The van der Waals surface area contributed by atoms with E-state index < -0.39 is 0 Å². The molecule has 2 heterocycles. The molecule has 2 aromatic rings. The summed E-state index contributed by atoms with van der Waals surface area (Å²) >= 11 is 1.73. The number of hydrogen-bond donors (Lipinski definition) is 0. The summed E-state index contributed by atoms with van der Waals surface area (Å²) < 4.78 is 1.96. The smallest absolute Gasteiger partial charge is 0.191 e. The van der Waals surface area contributed by atoms with Crippen LogP contribution >= 0.6 is 11.8 Å². The third-order valence-electron chi connectivity index (χ3n) is 2.36. The van der Waals surface area contributed by atoms with Crippen molar-refractivity contribution in [3.63, 3.8) is 0 Å². The van der Waals surface area contributed by atoms with Gasteiger partial charge in [-0.05, 0) is 6.42 Å². The largest absolute Gasteiger partial charge is 0.304 e. The van der Waals surface area contributed by atoms with Crippen molar-refractivity contribution in [3.8, 4) is 11.5 Å². The molecule has 0 aromatic carbocycles. The third kappa shape index (κ3) is 2.82. The van der Waals surface area contributed by atoms with E-state index in [0.717, 1.165) is 22.4 Å². The van der Waals surface area contributed by atoms with E-state index in [1.54, 1.807) is 30.4 Å². The van der Waals surface area contributed by atoms with E-state index >= 15 is 0 Å². The fraction of sp³-hybridized carbons (Fsp3) is 0.455. The quantitative estimate of drug-likeness (QED) is 0.600. The van der Waals surface area contributed by atoms with Gasteiger partial charge in [-0.15, -0.1) is 10.2 Å². The van der Waals surface area contributed by atoms with E-state index in [1.165, 1.54) is 12.8 Å². The maximum Gasteiger partial charge on any atom is 0.191 e. The van der Waals surface area contributed by atoms with E-state index in [2.05, 4.69) is 27.1 Å². The van der Waals surface area contributed by atoms with Crippen molar-refractivity contribution in [2.75, 3.05) is 5.75 Å². The number of nitrogens with zero attached hydrogens (tertiary/aromatic N) is 5. The number of thioether (sulfide) groups is 1. The van der Waals surface area contributed by atoms with Gasteiger partial charge in [0.05, 0.1) is 6.20 Å². The Morgan fingerprint density at radius 3 is 2.88 bits per heavy atom. The molecule has 0 radical (unpaired) electrons. The highest BCUT2D eigenvalue weighted by molar-refractivity contribution is 7.99. The summed E-state index contributed by atoms with van der Waals surface area (Å²) in [7, 11) is 1.96. The Labute approximate surface area is 105 Å². The van der Waals surface area contributed by atoms with Crippen LogP contribution in [-0.2, 0) is 7.05 Å². The molecule has 5 nitrogen and oxygen atoms in total. The number of hydrogen-bond acceptors (Lipinski definition) is 5. The van der Waals surface area contributed by atoms with Crippen molar-refractivity contribution >= 4 is 11.8 Å². The van der Waals surface area contributed by atoms with Gasteiger partial charge in [0, 0.05) is 25.2 Å². The second kappa shape index (κ2) is 5.77. The summed E-state index contributed by atoms with van der Waals surface area (Å²) in [5, 5.41) is 9.26. The molecule has 0 unspecified atom stereocenters. The first-order valence-corrected chi connectivity index (χ1v) is 6.60. The van der Waals surface area contributed by atoms with Gasteiger partial charge in [-0.1, -0.05) is 25.1 Å². The van der Waals surface area contributed by atoms with Crippen LogP contribution in [0, 0.1) is 0 Å². The van der Waals surface area contributed by atoms with Crippen LogP contribution in [0.3, 0.4) is 0 Å². The molecule has 6 heteroatoms. The average molecular weight is 249 g/mol. The maximum absolute atomic E-state index is 4.22. The van der Waals surface area contributed by atoms with Crippen molar-refractivity contribution < 1.29 is 0 Å². The molecule has 0 spiro atoms. The van der Waals surface area contributed by atoms with Crippen LogP contribution in [0.4, 0.5) is 0 Å². The second-order valence-electron chi connectivity index (χ2n) is 3.66. The molecule has 0 aliphatic rings. The number of unbranched alkanes of at least 4 members (excludes halogenated alkanes) is 1. The highest BCUT2D eigenvalue weighted by atomic mass is 32.2. The van der Waals surface area contributed by atoms with Gasteiger partial charge in [0.1, 0.15) is 5.69 Å². The van der Waals surface area contributed by atoms with Crippen LogP contribution in [0.15, 0.2) is 23.7 Å². The van der Waals surface area contributed by atoms with E-state index in [0.29, 0.717) is 0 Å². The predicted octanol–water partition coefficient (Wildman–Crippen LogP) is 2.16. The van der Waals surface area contributed by atoms with Crippen LogP contribution in [0.5, 0.6) is 0 Å². The highest BCUT2D eigenvalue weighted by Crippen LogP contribution is 2.21. The van der Waals surface area contributed by atoms with Crippen molar-refractivity contribution in [1.29, 1.82) is 0 Å². The minimum atomic E-state index is 0.754. The van der Waals surface area contributed by atoms with Crippen LogP contribution in [-0.4, -0.2) is 30.5 Å². The fourth-order valence-electron chi connectivity index (χ4n) is 1.39. The highest BCUT2D eigenvalue weighted by Gasteiger charge is 2.11. The van der Waals surface area contributed by atoms with Crippen molar-refractivity contribution in [2.24, 2.45) is 7.05 Å². The summed E-state index contributed by atoms with van der Waals surface area (Å²) in [5.74, 6) is 1.83. The third-order valence-corrected chi connectivity index (χ3v) is 3.46. The summed E-state index contributed by atoms with van der Waals surface area (Å²) in [4.78, 5) is 8.26. The SMILES string of the molecule is CCCCSc1nnc(-c2cnccn2)n1C. The normalized spacial score (nSPS) is 10.7. The van der Waals surface area contributed by atoms with Crippen LogP contribution in [0.2, 0.25) is 0 Å². The first-order chi connectivity index (χ1) is 8.33.